The molecule has 1 amide bonds. The van der Waals surface area contributed by atoms with Gasteiger partial charge in [0.15, 0.2) is 0 Å². The molecule has 0 spiro atoms. The minimum absolute atomic E-state index is 0.0498. The summed E-state index contributed by atoms with van der Waals surface area (Å²) in [4.78, 5) is 11.8. The van der Waals surface area contributed by atoms with Crippen LogP contribution < -0.4 is 5.01 Å². The monoisotopic (exact) mass is 284 g/mol. The number of rotatable bonds is 3. The van der Waals surface area contributed by atoms with E-state index in [9.17, 15) is 4.79 Å². The maximum Gasteiger partial charge on any atom is 0.242 e. The molecule has 5 heteroatoms. The summed E-state index contributed by atoms with van der Waals surface area (Å²) in [6, 6.07) is 7.59. The number of halogens is 1. The number of nitrogens with zero attached hydrogens (tertiary/aromatic N) is 2. The summed E-state index contributed by atoms with van der Waals surface area (Å²) in [7, 11) is 0. The summed E-state index contributed by atoms with van der Waals surface area (Å²) in [6.45, 7) is 1.20. The van der Waals surface area contributed by atoms with Crippen LogP contribution in [0.25, 0.3) is 0 Å². The topological polar surface area (TPSA) is 43.8 Å². The minimum Gasteiger partial charge on any atom is -0.395 e. The van der Waals surface area contributed by atoms with Crippen LogP contribution in [-0.4, -0.2) is 35.7 Å². The van der Waals surface area contributed by atoms with Gasteiger partial charge in [0.1, 0.15) is 0 Å². The fraction of sp³-hybridized carbons (Fsp3) is 0.364. The van der Waals surface area contributed by atoms with Gasteiger partial charge < -0.3 is 5.11 Å². The summed E-state index contributed by atoms with van der Waals surface area (Å²) < 4.78 is 0.883. The second kappa shape index (κ2) is 4.95. The minimum atomic E-state index is 0.0498. The van der Waals surface area contributed by atoms with Crippen LogP contribution in [-0.2, 0) is 4.79 Å². The Morgan fingerprint density at radius 2 is 2.12 bits per heavy atom. The fourth-order valence-electron chi connectivity index (χ4n) is 1.83. The lowest BCUT2D eigenvalue weighted by Crippen LogP contribution is -2.40. The lowest BCUT2D eigenvalue weighted by Gasteiger charge is -2.27. The quantitative estimate of drug-likeness (QED) is 0.913. The highest BCUT2D eigenvalue weighted by Crippen LogP contribution is 2.29. The van der Waals surface area contributed by atoms with Crippen molar-refractivity contribution in [3.05, 3.63) is 28.7 Å². The van der Waals surface area contributed by atoms with Gasteiger partial charge >= 0.3 is 0 Å². The van der Waals surface area contributed by atoms with Gasteiger partial charge in [0.2, 0.25) is 5.91 Å². The van der Waals surface area contributed by atoms with Gasteiger partial charge in [-0.25, -0.2) is 10.0 Å². The molecule has 0 atom stereocenters. The van der Waals surface area contributed by atoms with Gasteiger partial charge in [0.05, 0.1) is 12.3 Å². The van der Waals surface area contributed by atoms with Crippen molar-refractivity contribution in [2.24, 2.45) is 0 Å². The molecule has 1 aromatic carbocycles. The van der Waals surface area contributed by atoms with E-state index in [1.165, 1.54) is 0 Å². The fourth-order valence-corrected chi connectivity index (χ4v) is 2.28. The van der Waals surface area contributed by atoms with E-state index < -0.39 is 0 Å². The highest BCUT2D eigenvalue weighted by Gasteiger charge is 2.30. The maximum absolute atomic E-state index is 11.8. The maximum atomic E-state index is 11.8. The molecular weight excluding hydrogens is 272 g/mol. The number of amides is 1. The molecule has 1 fully saturated rings. The summed E-state index contributed by atoms with van der Waals surface area (Å²) in [5.41, 5.74) is 0.832. The van der Waals surface area contributed by atoms with Crippen molar-refractivity contribution in [2.45, 2.75) is 6.42 Å². The number of hydrogen-bond acceptors (Lipinski definition) is 3. The molecule has 86 valence electrons. The van der Waals surface area contributed by atoms with Crippen LogP contribution in [0, 0.1) is 0 Å². The van der Waals surface area contributed by atoms with E-state index in [1.54, 1.807) is 5.01 Å². The molecular formula is C11H13BrN2O2. The first-order chi connectivity index (χ1) is 7.74. The van der Waals surface area contributed by atoms with Crippen LogP contribution in [0.4, 0.5) is 5.69 Å². The average Bonchev–Trinajstić information content (AvgIpc) is 2.62. The van der Waals surface area contributed by atoms with Crippen LogP contribution in [0.15, 0.2) is 28.7 Å². The van der Waals surface area contributed by atoms with Crippen molar-refractivity contribution in [1.29, 1.82) is 0 Å². The van der Waals surface area contributed by atoms with Gasteiger partial charge in [-0.05, 0) is 28.1 Å². The first-order valence-corrected chi connectivity index (χ1v) is 5.96. The van der Waals surface area contributed by atoms with Crippen molar-refractivity contribution in [3.63, 3.8) is 0 Å². The Hall–Kier alpha value is -0.910. The summed E-state index contributed by atoms with van der Waals surface area (Å²) in [6.07, 6.45) is 0.501. The van der Waals surface area contributed by atoms with Crippen molar-refractivity contribution in [1.82, 2.24) is 5.01 Å². The SMILES string of the molecule is O=C1CCN(CCO)N1c1ccccc1Br. The lowest BCUT2D eigenvalue weighted by molar-refractivity contribution is -0.118. The number of carbonyl (C=O) groups excluding carboxylic acids is 1. The number of hydrogen-bond donors (Lipinski definition) is 1. The number of β-amino-alcohol motifs (C(OH)–C–C–N with tert-alkyl or cyclic N) is 1. The van der Waals surface area contributed by atoms with Gasteiger partial charge in [-0.1, -0.05) is 12.1 Å². The summed E-state index contributed by atoms with van der Waals surface area (Å²) in [5, 5.41) is 12.5. The molecule has 0 saturated carbocycles. The summed E-state index contributed by atoms with van der Waals surface area (Å²) in [5.74, 6) is 0.0698. The Bertz CT molecular complexity index is 397. The van der Waals surface area contributed by atoms with Gasteiger partial charge in [0, 0.05) is 24.0 Å². The van der Waals surface area contributed by atoms with Gasteiger partial charge in [-0.2, -0.15) is 0 Å². The molecule has 0 unspecified atom stereocenters. The number of para-hydroxylation sites is 1. The third-order valence-corrected chi connectivity index (χ3v) is 3.21. The number of anilines is 1. The number of aliphatic hydroxyl groups is 1. The van der Waals surface area contributed by atoms with E-state index in [1.807, 2.05) is 29.3 Å². The van der Waals surface area contributed by atoms with Crippen molar-refractivity contribution < 1.29 is 9.90 Å². The zero-order valence-corrected chi connectivity index (χ0v) is 10.4. The van der Waals surface area contributed by atoms with Crippen LogP contribution in [0.1, 0.15) is 6.42 Å². The van der Waals surface area contributed by atoms with E-state index in [2.05, 4.69) is 15.9 Å². The third kappa shape index (κ3) is 2.11. The lowest BCUT2D eigenvalue weighted by atomic mass is 10.3. The van der Waals surface area contributed by atoms with Crippen molar-refractivity contribution >= 4 is 27.5 Å². The zero-order chi connectivity index (χ0) is 11.5. The molecule has 1 heterocycles. The molecule has 2 rings (SSSR count). The van der Waals surface area contributed by atoms with E-state index in [4.69, 9.17) is 5.11 Å². The predicted molar refractivity (Wildman–Crippen MR) is 64.9 cm³/mol. The molecule has 0 radical (unpaired) electrons. The molecule has 1 aliphatic heterocycles. The van der Waals surface area contributed by atoms with E-state index >= 15 is 0 Å². The van der Waals surface area contributed by atoms with E-state index in [-0.39, 0.29) is 12.5 Å². The highest BCUT2D eigenvalue weighted by atomic mass is 79.9. The molecule has 1 aromatic rings. The van der Waals surface area contributed by atoms with Crippen LogP contribution in [0.3, 0.4) is 0 Å². The molecule has 0 bridgehead atoms. The zero-order valence-electron chi connectivity index (χ0n) is 8.77. The van der Waals surface area contributed by atoms with Gasteiger partial charge in [0.25, 0.3) is 0 Å². The Morgan fingerprint density at radius 1 is 1.38 bits per heavy atom. The molecule has 0 aromatic heterocycles. The van der Waals surface area contributed by atoms with Gasteiger partial charge in [-0.3, -0.25) is 4.79 Å². The average molecular weight is 285 g/mol. The number of carbonyl (C=O) groups is 1. The van der Waals surface area contributed by atoms with E-state index in [0.29, 0.717) is 19.5 Å². The Kier molecular flexibility index (Phi) is 3.58. The third-order valence-electron chi connectivity index (χ3n) is 2.54. The van der Waals surface area contributed by atoms with Crippen LogP contribution >= 0.6 is 15.9 Å². The van der Waals surface area contributed by atoms with Crippen molar-refractivity contribution in [3.8, 4) is 0 Å². The second-order valence-corrected chi connectivity index (χ2v) is 4.44. The van der Waals surface area contributed by atoms with Crippen LogP contribution in [0.2, 0.25) is 0 Å². The largest absolute Gasteiger partial charge is 0.395 e. The van der Waals surface area contributed by atoms with E-state index in [0.717, 1.165) is 10.2 Å². The Labute approximate surface area is 103 Å². The molecule has 1 N–H and O–H groups in total. The second-order valence-electron chi connectivity index (χ2n) is 3.58. The molecule has 16 heavy (non-hydrogen) atoms. The first-order valence-electron chi connectivity index (χ1n) is 5.17. The highest BCUT2D eigenvalue weighted by molar-refractivity contribution is 9.10. The smallest absolute Gasteiger partial charge is 0.242 e. The Balaban J connectivity index is 2.30. The first kappa shape index (κ1) is 11.6. The Morgan fingerprint density at radius 3 is 2.81 bits per heavy atom. The number of benzene rings is 1. The molecule has 1 aliphatic rings. The van der Waals surface area contributed by atoms with Crippen LogP contribution in [0.5, 0.6) is 0 Å². The predicted octanol–water partition coefficient (Wildman–Crippen LogP) is 1.40. The number of hydrazine groups is 1. The molecule has 1 saturated heterocycles. The standard InChI is InChI=1S/C11H13BrN2O2/c12-9-3-1-2-4-10(9)14-11(16)5-6-13(14)7-8-15/h1-4,15H,5-8H2. The number of aliphatic hydroxyl groups excluding tert-OH is 1. The van der Waals surface area contributed by atoms with Crippen molar-refractivity contribution in [2.75, 3.05) is 24.7 Å². The normalized spacial score (nSPS) is 17.1. The van der Waals surface area contributed by atoms with Gasteiger partial charge in [-0.15, -0.1) is 0 Å². The molecule has 0 aliphatic carbocycles. The summed E-state index contributed by atoms with van der Waals surface area (Å²) >= 11 is 3.43. The molecule has 4 nitrogen and oxygen atoms in total.